The number of hydrogen-bond acceptors (Lipinski definition) is 1. The highest BCUT2D eigenvalue weighted by atomic mass is 35.5. The average molecular weight is 210 g/mol. The topological polar surface area (TPSA) is 36.0 Å². The summed E-state index contributed by atoms with van der Waals surface area (Å²) < 4.78 is 0. The monoisotopic (exact) mass is 209 g/mol. The summed E-state index contributed by atoms with van der Waals surface area (Å²) in [7, 11) is 0. The highest BCUT2D eigenvalue weighted by Crippen LogP contribution is 2.27. The zero-order valence-corrected chi connectivity index (χ0v) is 8.51. The van der Waals surface area contributed by atoms with Gasteiger partial charge in [0.05, 0.1) is 5.02 Å². The Bertz CT molecular complexity index is 436. The van der Waals surface area contributed by atoms with Crippen LogP contribution < -0.4 is 0 Å². The summed E-state index contributed by atoms with van der Waals surface area (Å²) in [4.78, 5) is 3.11. The molecule has 0 atom stereocenters. The lowest BCUT2D eigenvalue weighted by Crippen LogP contribution is -1.89. The zero-order chi connectivity index (χ0) is 9.97. The lowest BCUT2D eigenvalue weighted by atomic mass is 10.1. The molecule has 0 aliphatic rings. The fourth-order valence-corrected chi connectivity index (χ4v) is 1.97. The third-order valence-corrected chi connectivity index (χ3v) is 2.65. The Morgan fingerprint density at radius 3 is 3.00 bits per heavy atom. The summed E-state index contributed by atoms with van der Waals surface area (Å²) in [5.41, 5.74) is 2.26. The molecule has 0 fully saturated rings. The third kappa shape index (κ3) is 1.63. The molecule has 0 amide bonds. The summed E-state index contributed by atoms with van der Waals surface area (Å²) in [6.07, 6.45) is 3.45. The van der Waals surface area contributed by atoms with Gasteiger partial charge < -0.3 is 10.1 Å². The van der Waals surface area contributed by atoms with Gasteiger partial charge in [-0.2, -0.15) is 0 Å². The SMILES string of the molecule is OCCCc1cccc2[nH]cc(Cl)c12. The van der Waals surface area contributed by atoms with E-state index in [1.54, 1.807) is 6.20 Å². The number of benzene rings is 1. The molecule has 0 saturated carbocycles. The van der Waals surface area contributed by atoms with E-state index >= 15 is 0 Å². The molecular weight excluding hydrogens is 198 g/mol. The molecule has 0 aliphatic carbocycles. The van der Waals surface area contributed by atoms with Gasteiger partial charge in [-0.25, -0.2) is 0 Å². The highest BCUT2D eigenvalue weighted by molar-refractivity contribution is 6.35. The number of halogens is 1. The van der Waals surface area contributed by atoms with E-state index in [0.29, 0.717) is 0 Å². The Balaban J connectivity index is 2.46. The zero-order valence-electron chi connectivity index (χ0n) is 7.76. The van der Waals surface area contributed by atoms with Crippen LogP contribution in [0.25, 0.3) is 10.9 Å². The number of hydrogen-bond donors (Lipinski definition) is 2. The molecule has 3 heteroatoms. The second-order valence-corrected chi connectivity index (χ2v) is 3.71. The van der Waals surface area contributed by atoms with Crippen molar-refractivity contribution in [3.63, 3.8) is 0 Å². The first-order valence-corrected chi connectivity index (χ1v) is 5.06. The van der Waals surface area contributed by atoms with Gasteiger partial charge in [0.2, 0.25) is 0 Å². The van der Waals surface area contributed by atoms with E-state index in [2.05, 4.69) is 11.1 Å². The van der Waals surface area contributed by atoms with E-state index in [1.807, 2.05) is 12.1 Å². The van der Waals surface area contributed by atoms with Gasteiger partial charge in [0.25, 0.3) is 0 Å². The largest absolute Gasteiger partial charge is 0.396 e. The van der Waals surface area contributed by atoms with Crippen molar-refractivity contribution < 1.29 is 5.11 Å². The van der Waals surface area contributed by atoms with Gasteiger partial charge in [0.15, 0.2) is 0 Å². The van der Waals surface area contributed by atoms with Gasteiger partial charge in [-0.1, -0.05) is 23.7 Å². The fraction of sp³-hybridized carbons (Fsp3) is 0.273. The van der Waals surface area contributed by atoms with Gasteiger partial charge in [0, 0.05) is 23.7 Å². The maximum atomic E-state index is 8.78. The minimum atomic E-state index is 0.221. The van der Waals surface area contributed by atoms with Crippen LogP contribution in [0.2, 0.25) is 5.02 Å². The number of H-pyrrole nitrogens is 1. The van der Waals surface area contributed by atoms with Crippen LogP contribution in [0.1, 0.15) is 12.0 Å². The first-order valence-electron chi connectivity index (χ1n) is 4.68. The average Bonchev–Trinajstić information content (AvgIpc) is 2.58. The smallest absolute Gasteiger partial charge is 0.0661 e. The standard InChI is InChI=1S/C11H12ClNO/c12-9-7-13-10-5-1-3-8(11(9)10)4-2-6-14/h1,3,5,7,13-14H,2,4,6H2. The van der Waals surface area contributed by atoms with Crippen LogP contribution in [0.5, 0.6) is 0 Å². The normalized spacial score (nSPS) is 11.0. The van der Waals surface area contributed by atoms with Crippen LogP contribution in [0.4, 0.5) is 0 Å². The van der Waals surface area contributed by atoms with E-state index in [0.717, 1.165) is 28.8 Å². The molecule has 2 N–H and O–H groups in total. The van der Waals surface area contributed by atoms with Crippen molar-refractivity contribution in [1.29, 1.82) is 0 Å². The second kappa shape index (κ2) is 4.03. The summed E-state index contributed by atoms with van der Waals surface area (Å²) in [5.74, 6) is 0. The Morgan fingerprint density at radius 1 is 1.36 bits per heavy atom. The van der Waals surface area contributed by atoms with Gasteiger partial charge >= 0.3 is 0 Å². The quantitative estimate of drug-likeness (QED) is 0.801. The minimum absolute atomic E-state index is 0.221. The molecule has 1 aromatic carbocycles. The third-order valence-electron chi connectivity index (χ3n) is 2.35. The summed E-state index contributed by atoms with van der Waals surface area (Å²) >= 11 is 6.06. The van der Waals surface area contributed by atoms with E-state index < -0.39 is 0 Å². The molecule has 74 valence electrons. The van der Waals surface area contributed by atoms with Crippen molar-refractivity contribution in [2.75, 3.05) is 6.61 Å². The molecule has 0 saturated heterocycles. The number of rotatable bonds is 3. The molecular formula is C11H12ClNO. The number of aliphatic hydroxyl groups excluding tert-OH is 1. The van der Waals surface area contributed by atoms with Gasteiger partial charge in [0.1, 0.15) is 0 Å². The first-order chi connectivity index (χ1) is 6.83. The van der Waals surface area contributed by atoms with Crippen LogP contribution >= 0.6 is 11.6 Å². The highest BCUT2D eigenvalue weighted by Gasteiger charge is 2.05. The van der Waals surface area contributed by atoms with Crippen LogP contribution in [-0.2, 0) is 6.42 Å². The van der Waals surface area contributed by atoms with Crippen LogP contribution in [-0.4, -0.2) is 16.7 Å². The lowest BCUT2D eigenvalue weighted by Gasteiger charge is -2.02. The number of aryl methyl sites for hydroxylation is 1. The molecule has 1 heterocycles. The van der Waals surface area contributed by atoms with Gasteiger partial charge in [-0.3, -0.25) is 0 Å². The van der Waals surface area contributed by atoms with E-state index in [9.17, 15) is 0 Å². The number of aromatic amines is 1. The summed E-state index contributed by atoms with van der Waals surface area (Å²) in [6, 6.07) is 6.06. The van der Waals surface area contributed by atoms with Crippen molar-refractivity contribution in [1.82, 2.24) is 4.98 Å². The van der Waals surface area contributed by atoms with E-state index in [4.69, 9.17) is 16.7 Å². The molecule has 2 nitrogen and oxygen atoms in total. The van der Waals surface area contributed by atoms with Crippen molar-refractivity contribution in [2.45, 2.75) is 12.8 Å². The maximum Gasteiger partial charge on any atom is 0.0661 e. The molecule has 0 spiro atoms. The molecule has 14 heavy (non-hydrogen) atoms. The van der Waals surface area contributed by atoms with Gasteiger partial charge in [-0.05, 0) is 24.5 Å². The fourth-order valence-electron chi connectivity index (χ4n) is 1.69. The molecule has 2 rings (SSSR count). The predicted molar refractivity (Wildman–Crippen MR) is 58.7 cm³/mol. The van der Waals surface area contributed by atoms with Crippen molar-refractivity contribution in [3.8, 4) is 0 Å². The van der Waals surface area contributed by atoms with Crippen molar-refractivity contribution in [2.24, 2.45) is 0 Å². The lowest BCUT2D eigenvalue weighted by molar-refractivity contribution is 0.289. The number of fused-ring (bicyclic) bond motifs is 1. The van der Waals surface area contributed by atoms with Gasteiger partial charge in [-0.15, -0.1) is 0 Å². The molecule has 0 unspecified atom stereocenters. The Labute approximate surface area is 87.5 Å². The van der Waals surface area contributed by atoms with E-state index in [-0.39, 0.29) is 6.61 Å². The summed E-state index contributed by atoms with van der Waals surface area (Å²) in [5, 5.41) is 10.6. The Hall–Kier alpha value is -0.990. The Morgan fingerprint density at radius 2 is 2.21 bits per heavy atom. The van der Waals surface area contributed by atoms with Crippen molar-refractivity contribution in [3.05, 3.63) is 35.0 Å². The number of nitrogens with one attached hydrogen (secondary N) is 1. The molecule has 0 bridgehead atoms. The maximum absolute atomic E-state index is 8.78. The second-order valence-electron chi connectivity index (χ2n) is 3.30. The summed E-state index contributed by atoms with van der Waals surface area (Å²) in [6.45, 7) is 0.221. The first kappa shape index (κ1) is 9.56. The molecule has 0 aliphatic heterocycles. The molecule has 2 aromatic rings. The molecule has 0 radical (unpaired) electrons. The molecule has 1 aromatic heterocycles. The minimum Gasteiger partial charge on any atom is -0.396 e. The van der Waals surface area contributed by atoms with Crippen LogP contribution in [0, 0.1) is 0 Å². The number of aromatic nitrogens is 1. The van der Waals surface area contributed by atoms with Crippen molar-refractivity contribution >= 4 is 22.5 Å². The Kier molecular flexibility index (Phi) is 2.75. The van der Waals surface area contributed by atoms with E-state index in [1.165, 1.54) is 5.56 Å². The number of aliphatic hydroxyl groups is 1. The van der Waals surface area contributed by atoms with Crippen LogP contribution in [0.15, 0.2) is 24.4 Å². The predicted octanol–water partition coefficient (Wildman–Crippen LogP) is 2.75. The van der Waals surface area contributed by atoms with Crippen LogP contribution in [0.3, 0.4) is 0 Å².